The van der Waals surface area contributed by atoms with E-state index in [-0.39, 0.29) is 45.5 Å². The van der Waals surface area contributed by atoms with Gasteiger partial charge in [0, 0.05) is 7.11 Å². The predicted molar refractivity (Wildman–Crippen MR) is 129 cm³/mol. The van der Waals surface area contributed by atoms with Gasteiger partial charge in [0.15, 0.2) is 0 Å². The standard InChI is InChI=1S/C21H20BrF3N6O4S/c1-10(30-19(33)16-15(22)17(26)29-9-28-16)20-27-8-14(36-20)18(32)31-12-7-11(21(23,24)25)3-4-13(12)35-6-5-34-2/h3-4,7-10H,5-6H2,1-2H3,(H,30,33)(H,31,32)(H2,26,28,29). The zero-order valence-corrected chi connectivity index (χ0v) is 21.3. The second-order valence-electron chi connectivity index (χ2n) is 7.18. The molecule has 0 radical (unpaired) electrons. The van der Waals surface area contributed by atoms with E-state index in [4.69, 9.17) is 15.2 Å². The molecule has 4 N–H and O–H groups in total. The lowest BCUT2D eigenvalue weighted by Gasteiger charge is -2.15. The van der Waals surface area contributed by atoms with Gasteiger partial charge in [0.1, 0.15) is 40.1 Å². The molecule has 1 atom stereocenters. The van der Waals surface area contributed by atoms with Crippen LogP contribution in [0.4, 0.5) is 24.7 Å². The number of carbonyl (C=O) groups is 2. The minimum Gasteiger partial charge on any atom is -0.489 e. The number of rotatable bonds is 9. The van der Waals surface area contributed by atoms with Crippen molar-refractivity contribution in [3.63, 3.8) is 0 Å². The molecule has 3 aromatic rings. The highest BCUT2D eigenvalue weighted by atomic mass is 79.9. The first-order valence-electron chi connectivity index (χ1n) is 10.2. The highest BCUT2D eigenvalue weighted by Gasteiger charge is 2.31. The van der Waals surface area contributed by atoms with Crippen LogP contribution in [0.15, 0.2) is 35.2 Å². The number of nitrogen functional groups attached to an aromatic ring is 1. The number of ether oxygens (including phenoxy) is 2. The van der Waals surface area contributed by atoms with Crippen molar-refractivity contribution in [3.8, 4) is 5.75 Å². The van der Waals surface area contributed by atoms with Crippen LogP contribution < -0.4 is 21.1 Å². The summed E-state index contributed by atoms with van der Waals surface area (Å²) in [5.74, 6) is -1.10. The molecule has 1 aromatic carbocycles. The molecule has 2 heterocycles. The van der Waals surface area contributed by atoms with Crippen LogP contribution in [-0.2, 0) is 10.9 Å². The zero-order valence-electron chi connectivity index (χ0n) is 18.9. The van der Waals surface area contributed by atoms with Crippen molar-refractivity contribution in [1.29, 1.82) is 0 Å². The van der Waals surface area contributed by atoms with Gasteiger partial charge < -0.3 is 25.8 Å². The fourth-order valence-corrected chi connectivity index (χ4v) is 4.01. The number of hydrogen-bond donors (Lipinski definition) is 3. The molecule has 2 amide bonds. The fourth-order valence-electron chi connectivity index (χ4n) is 2.81. The number of thiazole rings is 1. The first kappa shape index (κ1) is 27.3. The van der Waals surface area contributed by atoms with E-state index in [1.54, 1.807) is 6.92 Å². The highest BCUT2D eigenvalue weighted by Crippen LogP contribution is 2.35. The van der Waals surface area contributed by atoms with E-state index in [0.29, 0.717) is 5.01 Å². The lowest BCUT2D eigenvalue weighted by molar-refractivity contribution is -0.137. The molecule has 10 nitrogen and oxygen atoms in total. The van der Waals surface area contributed by atoms with Crippen molar-refractivity contribution in [2.75, 3.05) is 31.4 Å². The molecule has 0 spiro atoms. The normalized spacial score (nSPS) is 12.2. The van der Waals surface area contributed by atoms with Crippen LogP contribution in [0.3, 0.4) is 0 Å². The Balaban J connectivity index is 1.75. The maximum atomic E-state index is 13.2. The molecule has 0 saturated carbocycles. The SMILES string of the molecule is COCCOc1ccc(C(F)(F)F)cc1NC(=O)c1cnc(C(C)NC(=O)c2ncnc(N)c2Br)s1. The van der Waals surface area contributed by atoms with Crippen LogP contribution in [0.2, 0.25) is 0 Å². The minimum absolute atomic E-state index is 0.0226. The van der Waals surface area contributed by atoms with E-state index < -0.39 is 29.6 Å². The summed E-state index contributed by atoms with van der Waals surface area (Å²) in [4.78, 5) is 37.3. The first-order chi connectivity index (χ1) is 17.0. The van der Waals surface area contributed by atoms with E-state index in [1.807, 2.05) is 0 Å². The average molecular weight is 589 g/mol. The third-order valence-corrected chi connectivity index (χ3v) is 6.56. The van der Waals surface area contributed by atoms with Crippen molar-refractivity contribution in [1.82, 2.24) is 20.3 Å². The Labute approximate surface area is 215 Å². The summed E-state index contributed by atoms with van der Waals surface area (Å²) in [5.41, 5.74) is 4.58. The molecule has 1 unspecified atom stereocenters. The molecule has 0 fully saturated rings. The summed E-state index contributed by atoms with van der Waals surface area (Å²) in [6.07, 6.45) is -2.21. The van der Waals surface area contributed by atoms with Crippen LogP contribution >= 0.6 is 27.3 Å². The van der Waals surface area contributed by atoms with Gasteiger partial charge in [0.2, 0.25) is 0 Å². The number of methoxy groups -OCH3 is 1. The highest BCUT2D eigenvalue weighted by molar-refractivity contribution is 9.10. The van der Waals surface area contributed by atoms with Gasteiger partial charge >= 0.3 is 6.18 Å². The summed E-state index contributed by atoms with van der Waals surface area (Å²) in [6, 6.07) is 2.16. The Bertz CT molecular complexity index is 1260. The molecule has 0 aliphatic heterocycles. The summed E-state index contributed by atoms with van der Waals surface area (Å²) in [6.45, 7) is 1.92. The van der Waals surface area contributed by atoms with Crippen molar-refractivity contribution in [2.45, 2.75) is 19.1 Å². The van der Waals surface area contributed by atoms with Crippen molar-refractivity contribution in [3.05, 3.63) is 56.3 Å². The van der Waals surface area contributed by atoms with Crippen molar-refractivity contribution < 1.29 is 32.2 Å². The number of amides is 2. The van der Waals surface area contributed by atoms with Crippen LogP contribution in [0.5, 0.6) is 5.75 Å². The van der Waals surface area contributed by atoms with Gasteiger partial charge in [-0.3, -0.25) is 9.59 Å². The van der Waals surface area contributed by atoms with E-state index in [2.05, 4.69) is 41.5 Å². The summed E-state index contributed by atoms with van der Waals surface area (Å²) >= 11 is 4.12. The Morgan fingerprint density at radius 1 is 1.19 bits per heavy atom. The van der Waals surface area contributed by atoms with Gasteiger partial charge in [0.25, 0.3) is 11.8 Å². The quantitative estimate of drug-likeness (QED) is 0.318. The topological polar surface area (TPSA) is 141 Å². The Morgan fingerprint density at radius 3 is 2.64 bits per heavy atom. The maximum Gasteiger partial charge on any atom is 0.416 e. The average Bonchev–Trinajstić information content (AvgIpc) is 3.32. The molecule has 192 valence electrons. The maximum absolute atomic E-state index is 13.2. The van der Waals surface area contributed by atoms with Gasteiger partial charge in [-0.15, -0.1) is 11.3 Å². The largest absolute Gasteiger partial charge is 0.489 e. The third-order valence-electron chi connectivity index (χ3n) is 4.60. The number of nitrogens with one attached hydrogen (secondary N) is 2. The second kappa shape index (κ2) is 11.6. The third kappa shape index (κ3) is 6.67. The molecular formula is C21H20BrF3N6O4S. The van der Waals surface area contributed by atoms with E-state index in [0.717, 1.165) is 35.9 Å². The van der Waals surface area contributed by atoms with Gasteiger partial charge in [-0.2, -0.15) is 13.2 Å². The summed E-state index contributed by atoms with van der Waals surface area (Å²) in [7, 11) is 1.45. The molecule has 2 aromatic heterocycles. The number of halogens is 4. The number of carbonyl (C=O) groups excluding carboxylic acids is 2. The fraction of sp³-hybridized carbons (Fsp3) is 0.286. The lowest BCUT2D eigenvalue weighted by atomic mass is 10.1. The molecule has 3 rings (SSSR count). The molecule has 15 heteroatoms. The minimum atomic E-state index is -4.61. The predicted octanol–water partition coefficient (Wildman–Crippen LogP) is 4.07. The summed E-state index contributed by atoms with van der Waals surface area (Å²) in [5, 5.41) is 5.51. The number of hydrogen-bond acceptors (Lipinski definition) is 9. The molecule has 0 aliphatic carbocycles. The number of benzene rings is 1. The zero-order chi connectivity index (χ0) is 26.5. The molecule has 0 saturated heterocycles. The molecular weight excluding hydrogens is 569 g/mol. The number of nitrogens with two attached hydrogens (primary N) is 1. The van der Waals surface area contributed by atoms with E-state index in [9.17, 15) is 22.8 Å². The van der Waals surface area contributed by atoms with Crippen LogP contribution in [0.1, 0.15) is 43.7 Å². The van der Waals surface area contributed by atoms with Gasteiger partial charge in [-0.05, 0) is 41.1 Å². The Hall–Kier alpha value is -3.30. The Morgan fingerprint density at radius 2 is 1.94 bits per heavy atom. The number of aromatic nitrogens is 3. The van der Waals surface area contributed by atoms with E-state index >= 15 is 0 Å². The molecule has 0 aliphatic rings. The monoisotopic (exact) mass is 588 g/mol. The van der Waals surface area contributed by atoms with Gasteiger partial charge in [-0.1, -0.05) is 0 Å². The second-order valence-corrected chi connectivity index (χ2v) is 9.04. The van der Waals surface area contributed by atoms with Crippen LogP contribution in [0.25, 0.3) is 0 Å². The number of anilines is 2. The first-order valence-corrected chi connectivity index (χ1v) is 11.8. The van der Waals surface area contributed by atoms with Gasteiger partial charge in [0.05, 0.1) is 34.6 Å². The van der Waals surface area contributed by atoms with Crippen molar-refractivity contribution in [2.24, 2.45) is 0 Å². The smallest absolute Gasteiger partial charge is 0.416 e. The van der Waals surface area contributed by atoms with Crippen LogP contribution in [-0.4, -0.2) is 47.1 Å². The lowest BCUT2D eigenvalue weighted by Crippen LogP contribution is -2.28. The summed E-state index contributed by atoms with van der Waals surface area (Å²) < 4.78 is 50.2. The Kier molecular flexibility index (Phi) is 8.81. The van der Waals surface area contributed by atoms with E-state index in [1.165, 1.54) is 13.3 Å². The number of nitrogens with zero attached hydrogens (tertiary/aromatic N) is 3. The molecule has 36 heavy (non-hydrogen) atoms. The van der Waals surface area contributed by atoms with Crippen LogP contribution in [0, 0.1) is 0 Å². The number of alkyl halides is 3. The molecule has 0 bridgehead atoms. The van der Waals surface area contributed by atoms with Crippen molar-refractivity contribution >= 4 is 50.6 Å². The van der Waals surface area contributed by atoms with Gasteiger partial charge in [-0.25, -0.2) is 15.0 Å².